The number of allylic oxidation sites excluding steroid dienone is 1. The molecule has 0 radical (unpaired) electrons. The molecule has 0 aliphatic carbocycles. The second-order valence-electron chi connectivity index (χ2n) is 3.77. The predicted octanol–water partition coefficient (Wildman–Crippen LogP) is 2.84. The molecule has 0 aliphatic rings. The van der Waals surface area contributed by atoms with Gasteiger partial charge in [0, 0.05) is 12.6 Å². The Morgan fingerprint density at radius 1 is 1.38 bits per heavy atom. The molecule has 0 aromatic heterocycles. The summed E-state index contributed by atoms with van der Waals surface area (Å²) >= 11 is 0. The Balaban J connectivity index is 3.48. The molecule has 1 aromatic rings. The maximum Gasteiger partial charge on any atom is 0.0869 e. The van der Waals surface area contributed by atoms with E-state index < -0.39 is 0 Å². The van der Waals surface area contributed by atoms with Crippen LogP contribution in [0.15, 0.2) is 36.0 Å². The van der Waals surface area contributed by atoms with Gasteiger partial charge in [0.05, 0.1) is 11.4 Å². The fraction of sp³-hybridized carbons (Fsp3) is 0.214. The zero-order valence-corrected chi connectivity index (χ0v) is 10.2. The number of hydrogen-bond acceptors (Lipinski definition) is 2. The quantitative estimate of drug-likeness (QED) is 0.772. The van der Waals surface area contributed by atoms with E-state index in [2.05, 4.69) is 25.1 Å². The highest BCUT2D eigenvalue weighted by Crippen LogP contribution is 2.21. The van der Waals surface area contributed by atoms with Gasteiger partial charge in [-0.05, 0) is 30.5 Å². The molecule has 0 amide bonds. The van der Waals surface area contributed by atoms with Crippen molar-refractivity contribution < 1.29 is 0 Å². The summed E-state index contributed by atoms with van der Waals surface area (Å²) in [7, 11) is 1.72. The first kappa shape index (κ1) is 12.2. The topological polar surface area (TPSA) is 38.4 Å². The van der Waals surface area contributed by atoms with E-state index in [4.69, 9.17) is 5.73 Å². The molecule has 0 bridgehead atoms. The van der Waals surface area contributed by atoms with Crippen LogP contribution in [0.25, 0.3) is 6.08 Å². The van der Waals surface area contributed by atoms with Gasteiger partial charge < -0.3 is 5.73 Å². The van der Waals surface area contributed by atoms with Gasteiger partial charge in [0.15, 0.2) is 0 Å². The highest BCUT2D eigenvalue weighted by molar-refractivity contribution is 6.12. The van der Waals surface area contributed by atoms with Gasteiger partial charge >= 0.3 is 0 Å². The Hall–Kier alpha value is -1.83. The molecule has 0 saturated heterocycles. The van der Waals surface area contributed by atoms with Crippen LogP contribution in [-0.4, -0.2) is 12.8 Å². The molecule has 2 heteroatoms. The van der Waals surface area contributed by atoms with Gasteiger partial charge in [0.1, 0.15) is 0 Å². The third-order valence-corrected chi connectivity index (χ3v) is 2.72. The largest absolute Gasteiger partial charge is 0.397 e. The van der Waals surface area contributed by atoms with E-state index in [0.717, 1.165) is 22.4 Å². The van der Waals surface area contributed by atoms with E-state index >= 15 is 0 Å². The van der Waals surface area contributed by atoms with Crippen molar-refractivity contribution in [3.05, 3.63) is 53.2 Å². The van der Waals surface area contributed by atoms with Crippen LogP contribution in [0.4, 0.5) is 0 Å². The van der Waals surface area contributed by atoms with Gasteiger partial charge in [-0.25, -0.2) is 0 Å². The van der Waals surface area contributed by atoms with Crippen LogP contribution in [0, 0.1) is 13.8 Å². The normalized spacial score (nSPS) is 11.3. The van der Waals surface area contributed by atoms with Crippen LogP contribution in [0.2, 0.25) is 0 Å². The Morgan fingerprint density at radius 3 is 2.44 bits per heavy atom. The van der Waals surface area contributed by atoms with Crippen LogP contribution >= 0.6 is 0 Å². The summed E-state index contributed by atoms with van der Waals surface area (Å²) in [6.07, 6.45) is 1.86. The Morgan fingerprint density at radius 2 is 2.00 bits per heavy atom. The molecule has 1 rings (SSSR count). The van der Waals surface area contributed by atoms with Gasteiger partial charge in [-0.15, -0.1) is 0 Å². The number of hydrogen-bond donors (Lipinski definition) is 1. The molecular weight excluding hydrogens is 196 g/mol. The van der Waals surface area contributed by atoms with Crippen LogP contribution < -0.4 is 5.73 Å². The Kier molecular flexibility index (Phi) is 3.67. The molecule has 0 heterocycles. The van der Waals surface area contributed by atoms with E-state index in [1.54, 1.807) is 7.05 Å². The van der Waals surface area contributed by atoms with Crippen molar-refractivity contribution in [2.75, 3.05) is 7.05 Å². The summed E-state index contributed by atoms with van der Waals surface area (Å²) in [5.41, 5.74) is 11.5. The average molecular weight is 214 g/mol. The maximum atomic E-state index is 5.73. The SMILES string of the molecule is C=Cc1c(C)ccc(C(=NC)C(=C)N)c1C. The molecule has 0 fully saturated rings. The lowest BCUT2D eigenvalue weighted by Gasteiger charge is -2.13. The van der Waals surface area contributed by atoms with E-state index in [1.807, 2.05) is 25.1 Å². The van der Waals surface area contributed by atoms with Gasteiger partial charge in [-0.3, -0.25) is 4.99 Å². The van der Waals surface area contributed by atoms with E-state index in [0.29, 0.717) is 5.70 Å². The molecule has 1 aromatic carbocycles. The minimum Gasteiger partial charge on any atom is -0.397 e. The Labute approximate surface area is 97.2 Å². The van der Waals surface area contributed by atoms with E-state index in [-0.39, 0.29) is 0 Å². The van der Waals surface area contributed by atoms with Crippen molar-refractivity contribution in [2.24, 2.45) is 10.7 Å². The van der Waals surface area contributed by atoms with Crippen LogP contribution in [0.3, 0.4) is 0 Å². The minimum absolute atomic E-state index is 0.490. The Bertz CT molecular complexity index is 468. The van der Waals surface area contributed by atoms with Crippen molar-refractivity contribution in [2.45, 2.75) is 13.8 Å². The standard InChI is InChI=1S/C14H18N2/c1-6-12-9(2)7-8-13(10(12)3)14(16-5)11(4)15/h6-8H,1,4,15H2,2-3,5H3. The number of nitrogens with two attached hydrogens (primary N) is 1. The van der Waals surface area contributed by atoms with Crippen LogP contribution in [-0.2, 0) is 0 Å². The number of rotatable bonds is 3. The van der Waals surface area contributed by atoms with E-state index in [1.165, 1.54) is 5.56 Å². The fourth-order valence-electron chi connectivity index (χ4n) is 1.87. The van der Waals surface area contributed by atoms with Crippen molar-refractivity contribution in [3.63, 3.8) is 0 Å². The summed E-state index contributed by atoms with van der Waals surface area (Å²) in [6, 6.07) is 4.07. The minimum atomic E-state index is 0.490. The van der Waals surface area contributed by atoms with Gasteiger partial charge in [-0.1, -0.05) is 31.4 Å². The smallest absolute Gasteiger partial charge is 0.0869 e. The highest BCUT2D eigenvalue weighted by Gasteiger charge is 2.10. The first-order chi connectivity index (χ1) is 7.52. The lowest BCUT2D eigenvalue weighted by atomic mass is 9.94. The number of aliphatic imine (C=N–C) groups is 1. The molecule has 0 saturated carbocycles. The van der Waals surface area contributed by atoms with Crippen molar-refractivity contribution in [3.8, 4) is 0 Å². The second kappa shape index (κ2) is 4.79. The highest BCUT2D eigenvalue weighted by atomic mass is 14.7. The van der Waals surface area contributed by atoms with Crippen molar-refractivity contribution in [1.29, 1.82) is 0 Å². The lowest BCUT2D eigenvalue weighted by molar-refractivity contribution is 1.31. The molecular formula is C14H18N2. The third kappa shape index (κ3) is 2.06. The maximum absolute atomic E-state index is 5.73. The second-order valence-corrected chi connectivity index (χ2v) is 3.77. The monoisotopic (exact) mass is 214 g/mol. The van der Waals surface area contributed by atoms with Crippen LogP contribution in [0.1, 0.15) is 22.3 Å². The number of benzene rings is 1. The molecule has 0 atom stereocenters. The molecule has 2 nitrogen and oxygen atoms in total. The van der Waals surface area contributed by atoms with Crippen molar-refractivity contribution >= 4 is 11.8 Å². The first-order valence-corrected chi connectivity index (χ1v) is 5.17. The molecule has 84 valence electrons. The summed E-state index contributed by atoms with van der Waals surface area (Å²) in [5, 5.41) is 0. The van der Waals surface area contributed by atoms with Crippen molar-refractivity contribution in [1.82, 2.24) is 0 Å². The van der Waals surface area contributed by atoms with Gasteiger partial charge in [-0.2, -0.15) is 0 Å². The molecule has 16 heavy (non-hydrogen) atoms. The molecule has 0 unspecified atom stereocenters. The first-order valence-electron chi connectivity index (χ1n) is 5.17. The summed E-state index contributed by atoms with van der Waals surface area (Å²) in [6.45, 7) is 11.7. The molecule has 2 N–H and O–H groups in total. The zero-order chi connectivity index (χ0) is 12.3. The summed E-state index contributed by atoms with van der Waals surface area (Å²) in [5.74, 6) is 0. The third-order valence-electron chi connectivity index (χ3n) is 2.72. The number of nitrogens with zero attached hydrogens (tertiary/aromatic N) is 1. The number of aryl methyl sites for hydroxylation is 1. The summed E-state index contributed by atoms with van der Waals surface area (Å²) < 4.78 is 0. The average Bonchev–Trinajstić information content (AvgIpc) is 2.22. The van der Waals surface area contributed by atoms with Crippen LogP contribution in [0.5, 0.6) is 0 Å². The molecule has 0 spiro atoms. The predicted molar refractivity (Wildman–Crippen MR) is 71.8 cm³/mol. The van der Waals surface area contributed by atoms with Gasteiger partial charge in [0.25, 0.3) is 0 Å². The zero-order valence-electron chi connectivity index (χ0n) is 10.2. The summed E-state index contributed by atoms with van der Waals surface area (Å²) in [4.78, 5) is 4.18. The fourth-order valence-corrected chi connectivity index (χ4v) is 1.87. The van der Waals surface area contributed by atoms with Gasteiger partial charge in [0.2, 0.25) is 0 Å². The lowest BCUT2D eigenvalue weighted by Crippen LogP contribution is -2.13. The van der Waals surface area contributed by atoms with E-state index in [9.17, 15) is 0 Å². The molecule has 0 aliphatic heterocycles.